The Bertz CT molecular complexity index is 809. The molecule has 1 aromatic heterocycles. The second-order valence-electron chi connectivity index (χ2n) is 6.52. The largest absolute Gasteiger partial charge is 0.369 e. The number of nitrogens with zero attached hydrogens (tertiary/aromatic N) is 2. The summed E-state index contributed by atoms with van der Waals surface area (Å²) in [5.74, 6) is 1.69. The number of fused-ring (bicyclic) bond motifs is 1. The van der Waals surface area contributed by atoms with E-state index in [1.807, 2.05) is 18.2 Å². The molecule has 0 saturated heterocycles. The summed E-state index contributed by atoms with van der Waals surface area (Å²) in [6.07, 6.45) is 1.11. The molecule has 24 heavy (non-hydrogen) atoms. The van der Waals surface area contributed by atoms with Gasteiger partial charge in [0, 0.05) is 23.9 Å². The van der Waals surface area contributed by atoms with E-state index in [-0.39, 0.29) is 0 Å². The second-order valence-corrected chi connectivity index (χ2v) is 6.52. The number of quaternary nitrogens is 1. The van der Waals surface area contributed by atoms with Crippen molar-refractivity contribution in [2.45, 2.75) is 13.3 Å². The second kappa shape index (κ2) is 7.41. The molecule has 0 aliphatic heterocycles. The minimum Gasteiger partial charge on any atom is -0.369 e. The van der Waals surface area contributed by atoms with Crippen molar-refractivity contribution in [3.8, 4) is 11.4 Å². The van der Waals surface area contributed by atoms with Crippen LogP contribution in [0.3, 0.4) is 0 Å². The molecular formula is C20H25N4+. The van der Waals surface area contributed by atoms with Gasteiger partial charge in [-0.15, -0.1) is 0 Å². The van der Waals surface area contributed by atoms with Crippen LogP contribution < -0.4 is 10.2 Å². The highest BCUT2D eigenvalue weighted by molar-refractivity contribution is 5.90. The highest BCUT2D eigenvalue weighted by Crippen LogP contribution is 2.25. The Balaban J connectivity index is 1.92. The molecule has 4 heteroatoms. The summed E-state index contributed by atoms with van der Waals surface area (Å²) in [5.41, 5.74) is 3.26. The zero-order valence-corrected chi connectivity index (χ0v) is 14.6. The molecule has 0 saturated carbocycles. The first kappa shape index (κ1) is 16.4. The van der Waals surface area contributed by atoms with Crippen LogP contribution in [0.5, 0.6) is 0 Å². The van der Waals surface area contributed by atoms with Gasteiger partial charge in [-0.1, -0.05) is 42.0 Å². The number of aromatic nitrogens is 2. The average molecular weight is 321 g/mol. The van der Waals surface area contributed by atoms with Crippen molar-refractivity contribution in [2.75, 3.05) is 32.5 Å². The standard InChI is InChI=1S/C20H24N4/c1-15-9-11-16(12-10-15)19-22-18-8-5-4-7-17(18)20(23-19)21-13-6-14-24(2)3/h4-5,7-12H,6,13-14H2,1-3H3,(H,21,22,23)/p+1. The minimum absolute atomic E-state index is 0.773. The quantitative estimate of drug-likeness (QED) is 0.686. The number of hydrogen-bond acceptors (Lipinski definition) is 3. The van der Waals surface area contributed by atoms with Crippen molar-refractivity contribution in [3.05, 3.63) is 54.1 Å². The van der Waals surface area contributed by atoms with Crippen molar-refractivity contribution < 1.29 is 4.90 Å². The van der Waals surface area contributed by atoms with Gasteiger partial charge in [-0.2, -0.15) is 0 Å². The maximum absolute atomic E-state index is 4.79. The van der Waals surface area contributed by atoms with E-state index >= 15 is 0 Å². The molecule has 0 fully saturated rings. The molecule has 0 amide bonds. The summed E-state index contributed by atoms with van der Waals surface area (Å²) in [4.78, 5) is 11.0. The summed E-state index contributed by atoms with van der Waals surface area (Å²) in [6.45, 7) is 4.14. The average Bonchev–Trinajstić information content (AvgIpc) is 2.59. The van der Waals surface area contributed by atoms with Crippen molar-refractivity contribution >= 4 is 16.7 Å². The highest BCUT2D eigenvalue weighted by Gasteiger charge is 2.09. The summed E-state index contributed by atoms with van der Waals surface area (Å²) < 4.78 is 0. The van der Waals surface area contributed by atoms with E-state index in [9.17, 15) is 0 Å². The topological polar surface area (TPSA) is 42.2 Å². The summed E-state index contributed by atoms with van der Waals surface area (Å²) >= 11 is 0. The Morgan fingerprint density at radius 3 is 2.46 bits per heavy atom. The first-order valence-corrected chi connectivity index (χ1v) is 8.50. The molecule has 0 spiro atoms. The van der Waals surface area contributed by atoms with Gasteiger partial charge in [0.2, 0.25) is 0 Å². The van der Waals surface area contributed by atoms with Gasteiger partial charge < -0.3 is 10.2 Å². The fourth-order valence-electron chi connectivity index (χ4n) is 2.69. The molecule has 124 valence electrons. The van der Waals surface area contributed by atoms with Crippen LogP contribution in [0.1, 0.15) is 12.0 Å². The van der Waals surface area contributed by atoms with Crippen LogP contribution in [0.15, 0.2) is 48.5 Å². The highest BCUT2D eigenvalue weighted by atomic mass is 15.1. The third kappa shape index (κ3) is 3.89. The number of para-hydroxylation sites is 1. The van der Waals surface area contributed by atoms with Gasteiger partial charge in [-0.25, -0.2) is 9.97 Å². The van der Waals surface area contributed by atoms with E-state index in [0.717, 1.165) is 47.6 Å². The SMILES string of the molecule is Cc1ccc(-c2nc(NCCC[NH+](C)C)c3ccccc3n2)cc1. The van der Waals surface area contributed by atoms with Gasteiger partial charge in [-0.3, -0.25) is 0 Å². The molecule has 3 aromatic rings. The van der Waals surface area contributed by atoms with Crippen LogP contribution in [0.2, 0.25) is 0 Å². The fraction of sp³-hybridized carbons (Fsp3) is 0.300. The van der Waals surface area contributed by atoms with Gasteiger partial charge in [-0.05, 0) is 19.1 Å². The molecule has 0 aliphatic rings. The normalized spacial score (nSPS) is 11.2. The number of rotatable bonds is 6. The van der Waals surface area contributed by atoms with Crippen LogP contribution in [0.4, 0.5) is 5.82 Å². The molecule has 4 nitrogen and oxygen atoms in total. The molecule has 1 heterocycles. The van der Waals surface area contributed by atoms with Crippen molar-refractivity contribution in [1.82, 2.24) is 9.97 Å². The first-order valence-electron chi connectivity index (χ1n) is 8.50. The van der Waals surface area contributed by atoms with Gasteiger partial charge in [0.15, 0.2) is 5.82 Å². The lowest BCUT2D eigenvalue weighted by Crippen LogP contribution is -3.05. The summed E-state index contributed by atoms with van der Waals surface area (Å²) in [5, 5.41) is 4.57. The number of benzene rings is 2. The Morgan fingerprint density at radius 1 is 0.958 bits per heavy atom. The van der Waals surface area contributed by atoms with Gasteiger partial charge >= 0.3 is 0 Å². The maximum Gasteiger partial charge on any atom is 0.162 e. The summed E-state index contributed by atoms with van der Waals surface area (Å²) in [6, 6.07) is 16.5. The van der Waals surface area contributed by atoms with Crippen molar-refractivity contribution in [3.63, 3.8) is 0 Å². The lowest BCUT2D eigenvalue weighted by atomic mass is 10.1. The number of nitrogens with one attached hydrogen (secondary N) is 2. The zero-order valence-electron chi connectivity index (χ0n) is 14.6. The molecule has 0 atom stereocenters. The number of anilines is 1. The van der Waals surface area contributed by atoms with Gasteiger partial charge in [0.25, 0.3) is 0 Å². The van der Waals surface area contributed by atoms with Crippen molar-refractivity contribution in [1.29, 1.82) is 0 Å². The van der Waals surface area contributed by atoms with Crippen LogP contribution >= 0.6 is 0 Å². The molecule has 2 aromatic carbocycles. The smallest absolute Gasteiger partial charge is 0.162 e. The predicted molar refractivity (Wildman–Crippen MR) is 100 cm³/mol. The van der Waals surface area contributed by atoms with E-state index in [1.54, 1.807) is 0 Å². The van der Waals surface area contributed by atoms with Crippen LogP contribution in [-0.4, -0.2) is 37.2 Å². The maximum atomic E-state index is 4.79. The third-order valence-corrected chi connectivity index (χ3v) is 4.06. The predicted octanol–water partition coefficient (Wildman–Crippen LogP) is 2.55. The summed E-state index contributed by atoms with van der Waals surface area (Å²) in [7, 11) is 4.35. The molecule has 0 aliphatic carbocycles. The zero-order chi connectivity index (χ0) is 16.9. The van der Waals surface area contributed by atoms with Crippen LogP contribution in [0, 0.1) is 6.92 Å². The fourth-order valence-corrected chi connectivity index (χ4v) is 2.69. The van der Waals surface area contributed by atoms with E-state index in [1.165, 1.54) is 10.5 Å². The van der Waals surface area contributed by atoms with E-state index < -0.39 is 0 Å². The van der Waals surface area contributed by atoms with E-state index in [0.29, 0.717) is 0 Å². The molecule has 0 bridgehead atoms. The minimum atomic E-state index is 0.773. The first-order chi connectivity index (χ1) is 11.6. The molecule has 0 radical (unpaired) electrons. The van der Waals surface area contributed by atoms with E-state index in [4.69, 9.17) is 9.97 Å². The third-order valence-electron chi connectivity index (χ3n) is 4.06. The monoisotopic (exact) mass is 321 g/mol. The molecule has 3 rings (SSSR count). The van der Waals surface area contributed by atoms with Crippen molar-refractivity contribution in [2.24, 2.45) is 0 Å². The lowest BCUT2D eigenvalue weighted by molar-refractivity contribution is -0.858. The van der Waals surface area contributed by atoms with Crippen LogP contribution in [-0.2, 0) is 0 Å². The Morgan fingerprint density at radius 2 is 1.71 bits per heavy atom. The van der Waals surface area contributed by atoms with Crippen LogP contribution in [0.25, 0.3) is 22.3 Å². The lowest BCUT2D eigenvalue weighted by Gasteiger charge is -2.12. The van der Waals surface area contributed by atoms with Gasteiger partial charge in [0.1, 0.15) is 5.82 Å². The molecule has 0 unspecified atom stereocenters. The van der Waals surface area contributed by atoms with E-state index in [2.05, 4.69) is 56.7 Å². The Labute approximate surface area is 143 Å². The van der Waals surface area contributed by atoms with Gasteiger partial charge in [0.05, 0.1) is 26.2 Å². The Hall–Kier alpha value is -2.46. The number of hydrogen-bond donors (Lipinski definition) is 2. The Kier molecular flexibility index (Phi) is 5.06. The molecule has 2 N–H and O–H groups in total. The number of aryl methyl sites for hydroxylation is 1. The molecular weight excluding hydrogens is 296 g/mol.